The Labute approximate surface area is 226 Å². The first-order chi connectivity index (χ1) is 18.4. The number of hydrogen-bond donors (Lipinski definition) is 2. The molecular weight excluding hydrogens is 502 g/mol. The molecule has 0 spiro atoms. The van der Waals surface area contributed by atoms with Crippen molar-refractivity contribution >= 4 is 23.4 Å². The third-order valence-electron chi connectivity index (χ3n) is 6.94. The van der Waals surface area contributed by atoms with E-state index in [2.05, 4.69) is 5.32 Å². The monoisotopic (exact) mass is 529 g/mol. The number of halogens is 1. The highest BCUT2D eigenvalue weighted by Crippen LogP contribution is 2.46. The highest BCUT2D eigenvalue weighted by atomic mass is 35.5. The van der Waals surface area contributed by atoms with Gasteiger partial charge in [0.05, 0.1) is 5.57 Å². The fourth-order valence-corrected chi connectivity index (χ4v) is 5.29. The molecule has 0 bridgehead atoms. The molecule has 0 fully saturated rings. The van der Waals surface area contributed by atoms with E-state index in [1.807, 2.05) is 61.5 Å². The van der Waals surface area contributed by atoms with Gasteiger partial charge in [0.2, 0.25) is 0 Å². The number of carbonyl (C=O) groups is 2. The molecule has 0 saturated heterocycles. The molecular formula is C31H28ClNO5. The second kappa shape index (κ2) is 11.2. The third-order valence-corrected chi connectivity index (χ3v) is 7.20. The Morgan fingerprint density at radius 1 is 0.947 bits per heavy atom. The summed E-state index contributed by atoms with van der Waals surface area (Å²) in [6.45, 7) is 2.09. The van der Waals surface area contributed by atoms with Crippen molar-refractivity contribution in [2.24, 2.45) is 0 Å². The molecule has 2 N–H and O–H groups in total. The maximum atomic E-state index is 13.7. The number of phenols is 1. The van der Waals surface area contributed by atoms with Crippen LogP contribution in [0.2, 0.25) is 5.02 Å². The minimum atomic E-state index is -0.604. The number of esters is 1. The van der Waals surface area contributed by atoms with Crippen LogP contribution in [0, 0.1) is 0 Å². The van der Waals surface area contributed by atoms with Crippen LogP contribution in [0.25, 0.3) is 0 Å². The van der Waals surface area contributed by atoms with Crippen molar-refractivity contribution < 1.29 is 24.2 Å². The molecule has 3 aromatic carbocycles. The zero-order chi connectivity index (χ0) is 26.6. The summed E-state index contributed by atoms with van der Waals surface area (Å²) in [4.78, 5) is 27.1. The summed E-state index contributed by atoms with van der Waals surface area (Å²) < 4.78 is 11.3. The lowest BCUT2D eigenvalue weighted by Gasteiger charge is -2.36. The van der Waals surface area contributed by atoms with Gasteiger partial charge in [-0.1, -0.05) is 54.1 Å². The SMILES string of the molecule is CC1=C(C(=O)OCCOc2ccccc2)C(c2ccc(O)cc2)C2=C(CC(c3ccc(Cl)cc3)CC2=O)N1. The van der Waals surface area contributed by atoms with Crippen molar-refractivity contribution in [2.75, 3.05) is 13.2 Å². The van der Waals surface area contributed by atoms with E-state index in [0.717, 1.165) is 16.8 Å². The van der Waals surface area contributed by atoms with Gasteiger partial charge in [0.25, 0.3) is 0 Å². The fourth-order valence-electron chi connectivity index (χ4n) is 5.17. The van der Waals surface area contributed by atoms with Gasteiger partial charge < -0.3 is 19.9 Å². The Morgan fingerprint density at radius 3 is 2.34 bits per heavy atom. The minimum Gasteiger partial charge on any atom is -0.508 e. The molecule has 194 valence electrons. The lowest BCUT2D eigenvalue weighted by molar-refractivity contribution is -0.140. The predicted molar refractivity (Wildman–Crippen MR) is 145 cm³/mol. The van der Waals surface area contributed by atoms with E-state index in [4.69, 9.17) is 21.1 Å². The number of Topliss-reactive ketones (excluding diaryl/α,β-unsaturated/α-hetero) is 1. The Bertz CT molecular complexity index is 1390. The average molecular weight is 530 g/mol. The molecule has 2 aliphatic rings. The Morgan fingerprint density at radius 2 is 1.63 bits per heavy atom. The average Bonchev–Trinajstić information content (AvgIpc) is 2.91. The van der Waals surface area contributed by atoms with E-state index in [1.54, 1.807) is 24.3 Å². The molecule has 3 aromatic rings. The van der Waals surface area contributed by atoms with Gasteiger partial charge in [-0.3, -0.25) is 4.79 Å². The van der Waals surface area contributed by atoms with Crippen LogP contribution < -0.4 is 10.1 Å². The van der Waals surface area contributed by atoms with Gasteiger partial charge >= 0.3 is 5.97 Å². The fraction of sp³-hybridized carbons (Fsp3) is 0.226. The number of aromatic hydroxyl groups is 1. The molecule has 2 atom stereocenters. The lowest BCUT2D eigenvalue weighted by Crippen LogP contribution is -2.36. The van der Waals surface area contributed by atoms with E-state index in [1.165, 1.54) is 0 Å². The van der Waals surface area contributed by atoms with E-state index in [9.17, 15) is 14.7 Å². The molecule has 1 heterocycles. The molecule has 0 radical (unpaired) electrons. The number of hydrogen-bond acceptors (Lipinski definition) is 6. The molecule has 5 rings (SSSR count). The van der Waals surface area contributed by atoms with Crippen LogP contribution in [0.15, 0.2) is 101 Å². The summed E-state index contributed by atoms with van der Waals surface area (Å²) in [5, 5.41) is 13.9. The summed E-state index contributed by atoms with van der Waals surface area (Å²) in [5.74, 6) is -0.336. The smallest absolute Gasteiger partial charge is 0.336 e. The van der Waals surface area contributed by atoms with Gasteiger partial charge in [-0.05, 0) is 66.8 Å². The quantitative estimate of drug-likeness (QED) is 0.287. The summed E-state index contributed by atoms with van der Waals surface area (Å²) in [6, 6.07) is 23.5. The predicted octanol–water partition coefficient (Wildman–Crippen LogP) is 6.03. The van der Waals surface area contributed by atoms with Crippen molar-refractivity contribution in [2.45, 2.75) is 31.6 Å². The molecule has 0 saturated carbocycles. The van der Waals surface area contributed by atoms with Crippen LogP contribution in [0.5, 0.6) is 11.5 Å². The number of rotatable bonds is 7. The van der Waals surface area contributed by atoms with Gasteiger partial charge in [0, 0.05) is 34.3 Å². The molecule has 0 aromatic heterocycles. The van der Waals surface area contributed by atoms with Crippen LogP contribution in [0.1, 0.15) is 42.7 Å². The van der Waals surface area contributed by atoms with Crippen molar-refractivity contribution in [3.8, 4) is 11.5 Å². The summed E-state index contributed by atoms with van der Waals surface area (Å²) in [7, 11) is 0. The van der Waals surface area contributed by atoms with Gasteiger partial charge in [-0.15, -0.1) is 0 Å². The van der Waals surface area contributed by atoms with Gasteiger partial charge in [0.15, 0.2) is 5.78 Å². The number of benzene rings is 3. The van der Waals surface area contributed by atoms with E-state index >= 15 is 0 Å². The number of carbonyl (C=O) groups excluding carboxylic acids is 2. The number of phenolic OH excluding ortho intramolecular Hbond substituents is 1. The third kappa shape index (κ3) is 5.46. The number of para-hydroxylation sites is 1. The maximum absolute atomic E-state index is 13.7. The topological polar surface area (TPSA) is 84.9 Å². The molecule has 0 amide bonds. The minimum absolute atomic E-state index is 0.00270. The first-order valence-corrected chi connectivity index (χ1v) is 12.9. The molecule has 7 heteroatoms. The summed E-state index contributed by atoms with van der Waals surface area (Å²) >= 11 is 6.07. The van der Waals surface area contributed by atoms with Crippen LogP contribution in [-0.2, 0) is 14.3 Å². The Kier molecular flexibility index (Phi) is 7.52. The zero-order valence-corrected chi connectivity index (χ0v) is 21.7. The second-order valence-corrected chi connectivity index (χ2v) is 9.89. The van der Waals surface area contributed by atoms with Crippen molar-refractivity contribution in [1.29, 1.82) is 0 Å². The summed E-state index contributed by atoms with van der Waals surface area (Å²) in [5.41, 5.74) is 4.18. The Hall–Kier alpha value is -4.03. The second-order valence-electron chi connectivity index (χ2n) is 9.46. The van der Waals surface area contributed by atoms with Crippen LogP contribution in [0.3, 0.4) is 0 Å². The number of nitrogens with one attached hydrogen (secondary N) is 1. The van der Waals surface area contributed by atoms with Gasteiger partial charge in [0.1, 0.15) is 24.7 Å². The first kappa shape index (κ1) is 25.6. The van der Waals surface area contributed by atoms with Gasteiger partial charge in [-0.2, -0.15) is 0 Å². The van der Waals surface area contributed by atoms with Crippen molar-refractivity contribution in [1.82, 2.24) is 5.32 Å². The standard InChI is InChI=1S/C31H28ClNO5/c1-19-28(31(36)38-16-15-37-25-5-3-2-4-6-25)29(21-9-13-24(34)14-10-21)30-26(33-19)17-22(18-27(30)35)20-7-11-23(32)12-8-20/h2-14,22,29,33-34H,15-18H2,1H3. The van der Waals surface area contributed by atoms with Crippen LogP contribution >= 0.6 is 11.6 Å². The molecule has 1 aliphatic carbocycles. The van der Waals surface area contributed by atoms with Crippen molar-refractivity contribution in [3.63, 3.8) is 0 Å². The van der Waals surface area contributed by atoms with Crippen LogP contribution in [0.4, 0.5) is 0 Å². The highest BCUT2D eigenvalue weighted by Gasteiger charge is 2.41. The normalized spacial score (nSPS) is 19.1. The first-order valence-electron chi connectivity index (χ1n) is 12.5. The van der Waals surface area contributed by atoms with E-state index in [-0.39, 0.29) is 30.7 Å². The molecule has 38 heavy (non-hydrogen) atoms. The Balaban J connectivity index is 1.41. The van der Waals surface area contributed by atoms with E-state index in [0.29, 0.717) is 40.5 Å². The molecule has 2 unspecified atom stereocenters. The molecule has 6 nitrogen and oxygen atoms in total. The molecule has 1 aliphatic heterocycles. The van der Waals surface area contributed by atoms with Gasteiger partial charge in [-0.25, -0.2) is 4.79 Å². The number of ketones is 1. The maximum Gasteiger partial charge on any atom is 0.336 e. The lowest BCUT2D eigenvalue weighted by atomic mass is 9.72. The zero-order valence-electron chi connectivity index (χ0n) is 20.9. The largest absolute Gasteiger partial charge is 0.508 e. The number of ether oxygens (including phenoxy) is 2. The van der Waals surface area contributed by atoms with E-state index < -0.39 is 11.9 Å². The summed E-state index contributed by atoms with van der Waals surface area (Å²) in [6.07, 6.45) is 0.949. The highest BCUT2D eigenvalue weighted by molar-refractivity contribution is 6.30. The number of allylic oxidation sites excluding steroid dienone is 3. The van der Waals surface area contributed by atoms with Crippen molar-refractivity contribution in [3.05, 3.63) is 118 Å². The van der Waals surface area contributed by atoms with Crippen LogP contribution in [-0.4, -0.2) is 30.1 Å². The number of dihydropyridines is 1.